The Bertz CT molecular complexity index is 938. The fraction of sp³-hybridized carbons (Fsp3) is 0.538. The molecule has 2 aromatic rings. The van der Waals surface area contributed by atoms with E-state index in [4.69, 9.17) is 9.72 Å². The lowest BCUT2D eigenvalue weighted by atomic mass is 9.78. The molecule has 0 radical (unpaired) electrons. The van der Waals surface area contributed by atoms with E-state index in [-0.39, 0.29) is 11.5 Å². The highest BCUT2D eigenvalue weighted by Crippen LogP contribution is 2.43. The minimum atomic E-state index is -0.273. The zero-order chi connectivity index (χ0) is 22.1. The van der Waals surface area contributed by atoms with Crippen LogP contribution >= 0.6 is 0 Å². The predicted molar refractivity (Wildman–Crippen MR) is 125 cm³/mol. The van der Waals surface area contributed by atoms with Gasteiger partial charge in [0, 0.05) is 37.4 Å². The number of carbonyl (C=O) groups is 1. The number of hydrogen-bond acceptors (Lipinski definition) is 5. The molecule has 3 heterocycles. The van der Waals surface area contributed by atoms with Crippen LogP contribution < -0.4 is 9.64 Å². The van der Waals surface area contributed by atoms with Gasteiger partial charge in [0.15, 0.2) is 0 Å². The molecule has 5 rings (SSSR count). The lowest BCUT2D eigenvalue weighted by Gasteiger charge is -2.41. The van der Waals surface area contributed by atoms with Crippen molar-refractivity contribution >= 4 is 11.7 Å². The molecule has 2 aliphatic heterocycles. The third kappa shape index (κ3) is 3.96. The standard InChI is InChI=1S/C26H33N3O3/c1-32-23-10-3-19(4-11-23)20-5-12-24(27-17-20)28-15-2-13-26(18-28)14-16-29(25(26)31)21-6-8-22(30)9-7-21/h3-5,10-12,17,21-22,30H,2,6-9,13-16,18H2,1H3/t21-,22-,26-/m1/s1. The van der Waals surface area contributed by atoms with E-state index in [1.807, 2.05) is 30.5 Å². The fourth-order valence-corrected chi connectivity index (χ4v) is 5.80. The molecule has 3 aliphatic rings. The lowest BCUT2D eigenvalue weighted by Crippen LogP contribution is -2.50. The summed E-state index contributed by atoms with van der Waals surface area (Å²) in [7, 11) is 1.67. The second-order valence-electron chi connectivity index (χ2n) is 9.65. The van der Waals surface area contributed by atoms with Crippen molar-refractivity contribution in [2.24, 2.45) is 5.41 Å². The van der Waals surface area contributed by atoms with Crippen molar-refractivity contribution < 1.29 is 14.6 Å². The van der Waals surface area contributed by atoms with Gasteiger partial charge in [0.1, 0.15) is 11.6 Å². The van der Waals surface area contributed by atoms with Gasteiger partial charge in [-0.1, -0.05) is 12.1 Å². The summed E-state index contributed by atoms with van der Waals surface area (Å²) in [6.07, 6.45) is 8.16. The van der Waals surface area contributed by atoms with Gasteiger partial charge in [-0.05, 0) is 74.8 Å². The van der Waals surface area contributed by atoms with E-state index in [0.29, 0.717) is 11.9 Å². The second-order valence-corrected chi connectivity index (χ2v) is 9.65. The second kappa shape index (κ2) is 8.74. The molecule has 1 saturated carbocycles. The Hall–Kier alpha value is -2.60. The van der Waals surface area contributed by atoms with Crippen molar-refractivity contribution in [1.29, 1.82) is 0 Å². The van der Waals surface area contributed by atoms with Crippen LogP contribution in [0.4, 0.5) is 5.82 Å². The number of methoxy groups -OCH3 is 1. The highest BCUT2D eigenvalue weighted by molar-refractivity contribution is 5.86. The number of anilines is 1. The Morgan fingerprint density at radius 3 is 2.44 bits per heavy atom. The lowest BCUT2D eigenvalue weighted by molar-refractivity contribution is -0.139. The average Bonchev–Trinajstić information content (AvgIpc) is 3.15. The van der Waals surface area contributed by atoms with Gasteiger partial charge in [-0.2, -0.15) is 0 Å². The van der Waals surface area contributed by atoms with Gasteiger partial charge in [-0.15, -0.1) is 0 Å². The third-order valence-electron chi connectivity index (χ3n) is 7.72. The summed E-state index contributed by atoms with van der Waals surface area (Å²) in [5, 5.41) is 9.83. The normalized spacial score (nSPS) is 28.4. The molecule has 0 unspecified atom stereocenters. The Morgan fingerprint density at radius 1 is 1.00 bits per heavy atom. The first-order valence-corrected chi connectivity index (χ1v) is 11.9. The van der Waals surface area contributed by atoms with Gasteiger partial charge in [-0.3, -0.25) is 4.79 Å². The molecule has 1 atom stereocenters. The Labute approximate surface area is 190 Å². The van der Waals surface area contributed by atoms with Crippen LogP contribution in [0.25, 0.3) is 11.1 Å². The molecular weight excluding hydrogens is 402 g/mol. The number of benzene rings is 1. The summed E-state index contributed by atoms with van der Waals surface area (Å²) in [5.74, 6) is 2.13. The summed E-state index contributed by atoms with van der Waals surface area (Å²) < 4.78 is 5.24. The topological polar surface area (TPSA) is 65.9 Å². The van der Waals surface area contributed by atoms with E-state index in [0.717, 1.165) is 87.3 Å². The molecule has 170 valence electrons. The summed E-state index contributed by atoms with van der Waals surface area (Å²) in [4.78, 5) is 22.7. The predicted octanol–water partition coefficient (Wildman–Crippen LogP) is 3.88. The van der Waals surface area contributed by atoms with Crippen molar-refractivity contribution in [3.63, 3.8) is 0 Å². The van der Waals surface area contributed by atoms with E-state index >= 15 is 0 Å². The molecule has 1 amide bonds. The molecule has 0 bridgehead atoms. The first-order valence-electron chi connectivity index (χ1n) is 11.9. The van der Waals surface area contributed by atoms with Crippen molar-refractivity contribution in [3.05, 3.63) is 42.6 Å². The number of hydrogen-bond donors (Lipinski definition) is 1. The maximum atomic E-state index is 13.5. The minimum absolute atomic E-state index is 0.185. The van der Waals surface area contributed by atoms with Crippen LogP contribution in [-0.4, -0.2) is 59.8 Å². The van der Waals surface area contributed by atoms with Crippen molar-refractivity contribution in [1.82, 2.24) is 9.88 Å². The maximum Gasteiger partial charge on any atom is 0.230 e. The maximum absolute atomic E-state index is 13.5. The first kappa shape index (κ1) is 21.3. The number of nitrogens with zero attached hydrogens (tertiary/aromatic N) is 3. The number of aromatic nitrogens is 1. The molecular formula is C26H33N3O3. The van der Waals surface area contributed by atoms with E-state index in [9.17, 15) is 9.90 Å². The quantitative estimate of drug-likeness (QED) is 0.790. The number of piperidine rings is 1. The molecule has 6 nitrogen and oxygen atoms in total. The van der Waals surface area contributed by atoms with Crippen molar-refractivity contribution in [3.8, 4) is 16.9 Å². The highest BCUT2D eigenvalue weighted by atomic mass is 16.5. The minimum Gasteiger partial charge on any atom is -0.497 e. The van der Waals surface area contributed by atoms with Gasteiger partial charge in [0.2, 0.25) is 5.91 Å². The third-order valence-corrected chi connectivity index (χ3v) is 7.72. The van der Waals surface area contributed by atoms with E-state index in [1.165, 1.54) is 0 Å². The molecule has 1 spiro atoms. The molecule has 2 saturated heterocycles. The van der Waals surface area contributed by atoms with E-state index in [1.54, 1.807) is 7.11 Å². The van der Waals surface area contributed by atoms with Crippen LogP contribution in [0.15, 0.2) is 42.6 Å². The van der Waals surface area contributed by atoms with Crippen LogP contribution in [-0.2, 0) is 4.79 Å². The van der Waals surface area contributed by atoms with Crippen LogP contribution in [0.3, 0.4) is 0 Å². The van der Waals surface area contributed by atoms with Crippen LogP contribution in [0, 0.1) is 5.41 Å². The SMILES string of the molecule is COc1ccc(-c2ccc(N3CCC[C@@]4(CCN([C@H]5CC[C@H](O)CC5)C4=O)C3)nc2)cc1. The van der Waals surface area contributed by atoms with Gasteiger partial charge in [0.05, 0.1) is 18.6 Å². The smallest absolute Gasteiger partial charge is 0.230 e. The molecule has 1 aromatic carbocycles. The summed E-state index contributed by atoms with van der Waals surface area (Å²) in [6, 6.07) is 12.5. The number of ether oxygens (including phenoxy) is 1. The number of aliphatic hydroxyl groups is 1. The number of aliphatic hydroxyl groups excluding tert-OH is 1. The zero-order valence-electron chi connectivity index (χ0n) is 18.9. The largest absolute Gasteiger partial charge is 0.497 e. The van der Waals surface area contributed by atoms with Crippen LogP contribution in [0.1, 0.15) is 44.9 Å². The number of amides is 1. The van der Waals surface area contributed by atoms with Gasteiger partial charge in [-0.25, -0.2) is 4.98 Å². The molecule has 1 aliphatic carbocycles. The monoisotopic (exact) mass is 435 g/mol. The van der Waals surface area contributed by atoms with Crippen LogP contribution in [0.5, 0.6) is 5.75 Å². The molecule has 32 heavy (non-hydrogen) atoms. The Morgan fingerprint density at radius 2 is 1.75 bits per heavy atom. The molecule has 1 N–H and O–H groups in total. The van der Waals surface area contributed by atoms with Crippen molar-refractivity contribution in [2.75, 3.05) is 31.6 Å². The average molecular weight is 436 g/mol. The molecule has 3 fully saturated rings. The zero-order valence-corrected chi connectivity index (χ0v) is 18.9. The van der Waals surface area contributed by atoms with E-state index in [2.05, 4.69) is 21.9 Å². The fourth-order valence-electron chi connectivity index (χ4n) is 5.80. The van der Waals surface area contributed by atoms with Gasteiger partial charge < -0.3 is 19.6 Å². The number of rotatable bonds is 4. The van der Waals surface area contributed by atoms with Crippen LogP contribution in [0.2, 0.25) is 0 Å². The van der Waals surface area contributed by atoms with Gasteiger partial charge in [0.25, 0.3) is 0 Å². The molecule has 6 heteroatoms. The molecule has 1 aromatic heterocycles. The Kier molecular flexibility index (Phi) is 5.80. The number of likely N-dealkylation sites (tertiary alicyclic amines) is 1. The summed E-state index contributed by atoms with van der Waals surface area (Å²) in [6.45, 7) is 2.56. The summed E-state index contributed by atoms with van der Waals surface area (Å²) >= 11 is 0. The number of pyridine rings is 1. The van der Waals surface area contributed by atoms with Gasteiger partial charge >= 0.3 is 0 Å². The highest BCUT2D eigenvalue weighted by Gasteiger charge is 2.50. The first-order chi connectivity index (χ1) is 15.6. The van der Waals surface area contributed by atoms with Crippen molar-refractivity contribution in [2.45, 2.75) is 57.1 Å². The summed E-state index contributed by atoms with van der Waals surface area (Å²) in [5.41, 5.74) is 1.91. The number of carbonyl (C=O) groups excluding carboxylic acids is 1. The van der Waals surface area contributed by atoms with E-state index < -0.39 is 0 Å². The Balaban J connectivity index is 1.28.